The van der Waals surface area contributed by atoms with Crippen LogP contribution in [-0.4, -0.2) is 61.5 Å². The first-order valence-corrected chi connectivity index (χ1v) is 9.64. The highest BCUT2D eigenvalue weighted by Crippen LogP contribution is 2.29. The molecule has 1 saturated heterocycles. The molecular formula is C20H21N7O4. The zero-order valence-corrected chi connectivity index (χ0v) is 17.0. The number of nitrogens with zero attached hydrogens (tertiary/aromatic N) is 6. The molecule has 3 aromatic rings. The Morgan fingerprint density at radius 2 is 2.10 bits per heavy atom. The number of anilines is 1. The third-order valence-corrected chi connectivity index (χ3v) is 4.91. The summed E-state index contributed by atoms with van der Waals surface area (Å²) in [5, 5.41) is 23.1. The third-order valence-electron chi connectivity index (χ3n) is 4.91. The molecule has 1 aromatic carbocycles. The molecule has 2 N–H and O–H groups in total. The molecule has 1 atom stereocenters. The minimum absolute atomic E-state index is 0.165. The van der Waals surface area contributed by atoms with Crippen molar-refractivity contribution in [3.05, 3.63) is 47.9 Å². The summed E-state index contributed by atoms with van der Waals surface area (Å²) in [7, 11) is 0. The van der Waals surface area contributed by atoms with Crippen LogP contribution in [0.2, 0.25) is 0 Å². The van der Waals surface area contributed by atoms with E-state index in [0.717, 1.165) is 22.4 Å². The van der Waals surface area contributed by atoms with Crippen molar-refractivity contribution in [2.24, 2.45) is 0 Å². The molecule has 1 aliphatic heterocycles. The predicted octanol–water partition coefficient (Wildman–Crippen LogP) is 0.986. The highest BCUT2D eigenvalue weighted by Gasteiger charge is 2.33. The molecule has 11 nitrogen and oxygen atoms in total. The second kappa shape index (κ2) is 8.48. The maximum Gasteiger partial charge on any atom is 0.414 e. The number of aliphatic hydroxyl groups excluding tert-OH is 1. The van der Waals surface area contributed by atoms with Gasteiger partial charge in [-0.2, -0.15) is 4.68 Å². The second-order valence-electron chi connectivity index (χ2n) is 7.12. The lowest BCUT2D eigenvalue weighted by Gasteiger charge is -2.17. The number of amides is 2. The molecule has 0 radical (unpaired) electrons. The van der Waals surface area contributed by atoms with Gasteiger partial charge in [0.2, 0.25) is 5.91 Å². The summed E-state index contributed by atoms with van der Waals surface area (Å²) < 4.78 is 6.71. The Kier molecular flexibility index (Phi) is 5.58. The molecule has 4 rings (SSSR count). The topological polar surface area (TPSA) is 135 Å². The van der Waals surface area contributed by atoms with Gasteiger partial charge in [0.15, 0.2) is 11.6 Å². The minimum atomic E-state index is -0.432. The number of nitrogens with one attached hydrogen (secondary N) is 1. The summed E-state index contributed by atoms with van der Waals surface area (Å²) in [5.41, 5.74) is 3.47. The SMILES string of the molecule is CC(=O)NCC1CN(c2ccc(-c3ccc(-n4nnnc4CO)nc3)cc2C)C(=O)O1. The molecule has 2 aromatic heterocycles. The average molecular weight is 423 g/mol. The summed E-state index contributed by atoms with van der Waals surface area (Å²) in [4.78, 5) is 29.3. The Morgan fingerprint density at radius 3 is 2.77 bits per heavy atom. The van der Waals surface area contributed by atoms with E-state index in [-0.39, 0.29) is 25.2 Å². The largest absolute Gasteiger partial charge is 0.442 e. The van der Waals surface area contributed by atoms with Crippen LogP contribution >= 0.6 is 0 Å². The average Bonchev–Trinajstić information content (AvgIpc) is 3.38. The zero-order chi connectivity index (χ0) is 22.0. The molecule has 3 heterocycles. The van der Waals surface area contributed by atoms with Crippen molar-refractivity contribution >= 4 is 17.7 Å². The zero-order valence-electron chi connectivity index (χ0n) is 17.0. The highest BCUT2D eigenvalue weighted by molar-refractivity contribution is 5.91. The second-order valence-corrected chi connectivity index (χ2v) is 7.12. The standard InChI is InChI=1S/C20H21N7O4/c1-12-7-14(15-4-6-18(22-8-15)27-19(11-28)23-24-25-27)3-5-17(12)26-10-16(31-20(26)30)9-21-13(2)29/h3-8,16,28H,9-11H2,1-2H3,(H,21,29). The van der Waals surface area contributed by atoms with Crippen molar-refractivity contribution in [3.63, 3.8) is 0 Å². The summed E-state index contributed by atoms with van der Waals surface area (Å²) >= 11 is 0. The van der Waals surface area contributed by atoms with Crippen molar-refractivity contribution in [2.45, 2.75) is 26.6 Å². The fourth-order valence-corrected chi connectivity index (χ4v) is 3.38. The molecule has 1 unspecified atom stereocenters. The van der Waals surface area contributed by atoms with Crippen LogP contribution in [0.5, 0.6) is 0 Å². The molecular weight excluding hydrogens is 402 g/mol. The van der Waals surface area contributed by atoms with Gasteiger partial charge in [-0.25, -0.2) is 9.78 Å². The van der Waals surface area contributed by atoms with Crippen molar-refractivity contribution < 1.29 is 19.4 Å². The maximum atomic E-state index is 12.3. The van der Waals surface area contributed by atoms with Crippen LogP contribution in [0.15, 0.2) is 36.5 Å². The van der Waals surface area contributed by atoms with Gasteiger partial charge in [0.1, 0.15) is 12.7 Å². The molecule has 2 amide bonds. The number of aromatic nitrogens is 5. The van der Waals surface area contributed by atoms with Gasteiger partial charge in [-0.05, 0) is 52.7 Å². The molecule has 1 fully saturated rings. The van der Waals surface area contributed by atoms with Gasteiger partial charge in [0.25, 0.3) is 0 Å². The lowest BCUT2D eigenvalue weighted by Crippen LogP contribution is -2.33. The quantitative estimate of drug-likeness (QED) is 0.599. The van der Waals surface area contributed by atoms with Crippen LogP contribution in [0.4, 0.5) is 10.5 Å². The molecule has 1 aliphatic rings. The number of carbonyl (C=O) groups excluding carboxylic acids is 2. The molecule has 31 heavy (non-hydrogen) atoms. The number of cyclic esters (lactones) is 1. The normalized spacial score (nSPS) is 15.8. The van der Waals surface area contributed by atoms with Gasteiger partial charge in [0, 0.05) is 18.7 Å². The van der Waals surface area contributed by atoms with Crippen LogP contribution in [0.25, 0.3) is 16.9 Å². The molecule has 0 bridgehead atoms. The summed E-state index contributed by atoms with van der Waals surface area (Å²) in [5.74, 6) is 0.633. The van der Waals surface area contributed by atoms with Crippen LogP contribution in [-0.2, 0) is 16.1 Å². The Balaban J connectivity index is 1.51. The molecule has 160 valence electrons. The van der Waals surface area contributed by atoms with Crippen LogP contribution in [0.3, 0.4) is 0 Å². The number of hydrogen-bond donors (Lipinski definition) is 2. The number of ether oxygens (including phenoxy) is 1. The Bertz CT molecular complexity index is 1110. The minimum Gasteiger partial charge on any atom is -0.442 e. The predicted molar refractivity (Wildman–Crippen MR) is 109 cm³/mol. The highest BCUT2D eigenvalue weighted by atomic mass is 16.6. The number of carbonyl (C=O) groups is 2. The van der Waals surface area contributed by atoms with Crippen molar-refractivity contribution in [1.82, 2.24) is 30.5 Å². The van der Waals surface area contributed by atoms with Gasteiger partial charge in [-0.15, -0.1) is 5.10 Å². The lowest BCUT2D eigenvalue weighted by molar-refractivity contribution is -0.119. The fourth-order valence-electron chi connectivity index (χ4n) is 3.38. The maximum absolute atomic E-state index is 12.3. The van der Waals surface area contributed by atoms with E-state index >= 15 is 0 Å². The van der Waals surface area contributed by atoms with E-state index in [1.54, 1.807) is 17.2 Å². The van der Waals surface area contributed by atoms with E-state index < -0.39 is 6.09 Å². The number of rotatable bonds is 6. The molecule has 0 saturated carbocycles. The number of aryl methyl sites for hydroxylation is 1. The summed E-state index contributed by atoms with van der Waals surface area (Å²) in [6.45, 7) is 3.71. The van der Waals surface area contributed by atoms with Gasteiger partial charge in [-0.3, -0.25) is 9.69 Å². The molecule has 0 spiro atoms. The lowest BCUT2D eigenvalue weighted by atomic mass is 10.0. The smallest absolute Gasteiger partial charge is 0.414 e. The van der Waals surface area contributed by atoms with Gasteiger partial charge < -0.3 is 15.2 Å². The van der Waals surface area contributed by atoms with E-state index in [1.807, 2.05) is 31.2 Å². The Labute approximate surface area is 177 Å². The van der Waals surface area contributed by atoms with E-state index in [9.17, 15) is 14.7 Å². The summed E-state index contributed by atoms with van der Waals surface area (Å²) in [6, 6.07) is 9.39. The number of hydrogen-bond acceptors (Lipinski definition) is 8. The van der Waals surface area contributed by atoms with Gasteiger partial charge in [-0.1, -0.05) is 6.07 Å². The van der Waals surface area contributed by atoms with Crippen molar-refractivity contribution in [3.8, 4) is 16.9 Å². The van der Waals surface area contributed by atoms with E-state index in [1.165, 1.54) is 11.6 Å². The Morgan fingerprint density at radius 1 is 1.29 bits per heavy atom. The summed E-state index contributed by atoms with van der Waals surface area (Å²) in [6.07, 6.45) is 0.876. The van der Waals surface area contributed by atoms with Crippen LogP contribution in [0.1, 0.15) is 18.3 Å². The van der Waals surface area contributed by atoms with E-state index in [4.69, 9.17) is 4.74 Å². The first kappa shape index (κ1) is 20.4. The first-order valence-electron chi connectivity index (χ1n) is 9.64. The fraction of sp³-hybridized carbons (Fsp3) is 0.300. The van der Waals surface area contributed by atoms with Gasteiger partial charge in [0.05, 0.1) is 18.8 Å². The number of tetrazole rings is 1. The number of pyridine rings is 1. The van der Waals surface area contributed by atoms with E-state index in [2.05, 4.69) is 25.8 Å². The first-order chi connectivity index (χ1) is 15.0. The Hall–Kier alpha value is -3.86. The van der Waals surface area contributed by atoms with Gasteiger partial charge >= 0.3 is 6.09 Å². The molecule has 11 heteroatoms. The van der Waals surface area contributed by atoms with Crippen LogP contribution in [0, 0.1) is 6.92 Å². The number of aliphatic hydroxyl groups is 1. The van der Waals surface area contributed by atoms with E-state index in [0.29, 0.717) is 18.2 Å². The third kappa shape index (κ3) is 4.21. The number of benzene rings is 1. The molecule has 0 aliphatic carbocycles. The monoisotopic (exact) mass is 423 g/mol. The van der Waals surface area contributed by atoms with Crippen molar-refractivity contribution in [1.29, 1.82) is 0 Å². The van der Waals surface area contributed by atoms with Crippen LogP contribution < -0.4 is 10.2 Å². The van der Waals surface area contributed by atoms with Crippen molar-refractivity contribution in [2.75, 3.05) is 18.0 Å².